The van der Waals surface area contributed by atoms with Gasteiger partial charge in [0.1, 0.15) is 0 Å². The zero-order chi connectivity index (χ0) is 11.7. The minimum absolute atomic E-state index is 0.0938. The van der Waals surface area contributed by atoms with E-state index in [9.17, 15) is 4.79 Å². The molecule has 3 rings (SSSR count). The Labute approximate surface area is 97.2 Å². The highest BCUT2D eigenvalue weighted by Gasteiger charge is 1.98. The highest BCUT2D eigenvalue weighted by atomic mass is 16.1. The third kappa shape index (κ3) is 1.80. The van der Waals surface area contributed by atoms with Gasteiger partial charge in [-0.2, -0.15) is 5.10 Å². The van der Waals surface area contributed by atoms with Crippen molar-refractivity contribution in [2.45, 2.75) is 0 Å². The molecule has 4 heteroatoms. The molecule has 0 amide bonds. The summed E-state index contributed by atoms with van der Waals surface area (Å²) in [7, 11) is 0. The van der Waals surface area contributed by atoms with E-state index in [-0.39, 0.29) is 5.43 Å². The fourth-order valence-corrected chi connectivity index (χ4v) is 1.70. The molecule has 0 saturated heterocycles. The van der Waals surface area contributed by atoms with Crippen LogP contribution >= 0.6 is 0 Å². The van der Waals surface area contributed by atoms with E-state index in [0.29, 0.717) is 0 Å². The van der Waals surface area contributed by atoms with Gasteiger partial charge in [-0.1, -0.05) is 6.07 Å². The van der Waals surface area contributed by atoms with Crippen LogP contribution in [0.4, 0.5) is 0 Å². The lowest BCUT2D eigenvalue weighted by Crippen LogP contribution is -2.06. The van der Waals surface area contributed by atoms with E-state index >= 15 is 0 Å². The summed E-state index contributed by atoms with van der Waals surface area (Å²) in [6.07, 6.45) is 4.72. The van der Waals surface area contributed by atoms with Crippen LogP contribution < -0.4 is 5.43 Å². The molecule has 0 fully saturated rings. The molecule has 17 heavy (non-hydrogen) atoms. The molecule has 2 heterocycles. The van der Waals surface area contributed by atoms with Crippen LogP contribution in [-0.2, 0) is 0 Å². The maximum atomic E-state index is 11.0. The second kappa shape index (κ2) is 3.83. The number of pyridine rings is 1. The monoisotopic (exact) mass is 223 g/mol. The van der Waals surface area contributed by atoms with Crippen molar-refractivity contribution < 1.29 is 0 Å². The molecule has 0 atom stereocenters. The molecule has 82 valence electrons. The van der Waals surface area contributed by atoms with Gasteiger partial charge in [-0.3, -0.25) is 9.78 Å². The average Bonchev–Trinajstić information content (AvgIpc) is 2.39. The lowest BCUT2D eigenvalue weighted by molar-refractivity contribution is 0.837. The third-order valence-corrected chi connectivity index (χ3v) is 2.54. The number of nitrogens with zero attached hydrogens (tertiary/aromatic N) is 3. The molecule has 0 aliphatic carbocycles. The van der Waals surface area contributed by atoms with Crippen LogP contribution in [0.25, 0.3) is 16.6 Å². The molecule has 0 aliphatic heterocycles. The van der Waals surface area contributed by atoms with Crippen LogP contribution in [0, 0.1) is 0 Å². The van der Waals surface area contributed by atoms with Crippen LogP contribution in [0.5, 0.6) is 0 Å². The van der Waals surface area contributed by atoms with Crippen LogP contribution in [-0.4, -0.2) is 14.8 Å². The fraction of sp³-hybridized carbons (Fsp3) is 0. The van der Waals surface area contributed by atoms with Crippen molar-refractivity contribution in [3.63, 3.8) is 0 Å². The summed E-state index contributed by atoms with van der Waals surface area (Å²) in [4.78, 5) is 15.2. The predicted octanol–water partition coefficient (Wildman–Crippen LogP) is 1.78. The van der Waals surface area contributed by atoms with Crippen LogP contribution in [0.15, 0.2) is 59.8 Å². The topological polar surface area (TPSA) is 47.8 Å². The quantitative estimate of drug-likeness (QED) is 0.631. The molecule has 0 N–H and O–H groups in total. The predicted molar refractivity (Wildman–Crippen MR) is 65.1 cm³/mol. The van der Waals surface area contributed by atoms with Gasteiger partial charge in [-0.05, 0) is 24.3 Å². The van der Waals surface area contributed by atoms with Gasteiger partial charge in [-0.25, -0.2) is 4.68 Å². The first-order chi connectivity index (χ1) is 8.33. The van der Waals surface area contributed by atoms with E-state index in [0.717, 1.165) is 16.6 Å². The summed E-state index contributed by atoms with van der Waals surface area (Å²) in [6, 6.07) is 11.2. The Balaban J connectivity index is 2.17. The SMILES string of the molecule is O=c1ccn(-c2ccc3ncccc3c2)nc1. The molecule has 0 aliphatic rings. The molecule has 0 spiro atoms. The number of hydrogen-bond acceptors (Lipinski definition) is 3. The number of benzene rings is 1. The molecule has 0 radical (unpaired) electrons. The van der Waals surface area contributed by atoms with Crippen molar-refractivity contribution >= 4 is 10.9 Å². The summed E-state index contributed by atoms with van der Waals surface area (Å²) in [6.45, 7) is 0. The van der Waals surface area contributed by atoms with Gasteiger partial charge >= 0.3 is 0 Å². The molecule has 0 saturated carbocycles. The highest BCUT2D eigenvalue weighted by molar-refractivity contribution is 5.80. The van der Waals surface area contributed by atoms with Gasteiger partial charge in [0.2, 0.25) is 0 Å². The van der Waals surface area contributed by atoms with Crippen LogP contribution in [0.3, 0.4) is 0 Å². The van der Waals surface area contributed by atoms with Gasteiger partial charge in [0.05, 0.1) is 17.4 Å². The Morgan fingerprint density at radius 3 is 2.88 bits per heavy atom. The maximum absolute atomic E-state index is 11.0. The summed E-state index contributed by atoms with van der Waals surface area (Å²) < 4.78 is 1.66. The Bertz CT molecular complexity index is 713. The Morgan fingerprint density at radius 2 is 2.06 bits per heavy atom. The van der Waals surface area contributed by atoms with E-state index in [4.69, 9.17) is 0 Å². The summed E-state index contributed by atoms with van der Waals surface area (Å²) in [5, 5.41) is 5.09. The Morgan fingerprint density at radius 1 is 1.12 bits per heavy atom. The second-order valence-corrected chi connectivity index (χ2v) is 3.69. The third-order valence-electron chi connectivity index (χ3n) is 2.54. The minimum atomic E-state index is -0.0938. The smallest absolute Gasteiger partial charge is 0.200 e. The molecule has 0 bridgehead atoms. The number of fused-ring (bicyclic) bond motifs is 1. The molecule has 1 aromatic carbocycles. The molecular formula is C13H9N3O. The van der Waals surface area contributed by atoms with E-state index in [2.05, 4.69) is 10.1 Å². The van der Waals surface area contributed by atoms with E-state index in [1.807, 2.05) is 30.3 Å². The zero-order valence-corrected chi connectivity index (χ0v) is 8.95. The molecule has 2 aromatic heterocycles. The summed E-state index contributed by atoms with van der Waals surface area (Å²) >= 11 is 0. The number of aromatic nitrogens is 3. The van der Waals surface area contributed by atoms with Crippen molar-refractivity contribution in [1.29, 1.82) is 0 Å². The largest absolute Gasteiger partial charge is 0.288 e. The highest BCUT2D eigenvalue weighted by Crippen LogP contribution is 2.15. The van der Waals surface area contributed by atoms with E-state index < -0.39 is 0 Å². The van der Waals surface area contributed by atoms with E-state index in [1.54, 1.807) is 17.1 Å². The molecule has 0 unspecified atom stereocenters. The van der Waals surface area contributed by atoms with Gasteiger partial charge in [0.15, 0.2) is 5.43 Å². The van der Waals surface area contributed by atoms with Crippen molar-refractivity contribution in [2.75, 3.05) is 0 Å². The lowest BCUT2D eigenvalue weighted by Gasteiger charge is -2.05. The van der Waals surface area contributed by atoms with Crippen molar-refractivity contribution in [3.05, 3.63) is 65.2 Å². The Hall–Kier alpha value is -2.49. The van der Waals surface area contributed by atoms with Gasteiger partial charge < -0.3 is 0 Å². The number of hydrogen-bond donors (Lipinski definition) is 0. The van der Waals surface area contributed by atoms with Crippen molar-refractivity contribution in [3.8, 4) is 5.69 Å². The average molecular weight is 223 g/mol. The van der Waals surface area contributed by atoms with Crippen LogP contribution in [0.1, 0.15) is 0 Å². The summed E-state index contributed by atoms with van der Waals surface area (Å²) in [5.74, 6) is 0. The zero-order valence-electron chi connectivity index (χ0n) is 8.95. The van der Waals surface area contributed by atoms with Crippen molar-refractivity contribution in [2.24, 2.45) is 0 Å². The molecular weight excluding hydrogens is 214 g/mol. The van der Waals surface area contributed by atoms with Gasteiger partial charge in [0.25, 0.3) is 0 Å². The number of rotatable bonds is 1. The minimum Gasteiger partial charge on any atom is -0.288 e. The standard InChI is InChI=1S/C13H9N3O/c17-12-5-7-16(15-9-12)11-3-4-13-10(8-11)2-1-6-14-13/h1-9H. The fourth-order valence-electron chi connectivity index (χ4n) is 1.70. The molecule has 4 nitrogen and oxygen atoms in total. The van der Waals surface area contributed by atoms with Gasteiger partial charge in [-0.15, -0.1) is 0 Å². The van der Waals surface area contributed by atoms with E-state index in [1.165, 1.54) is 12.3 Å². The Kier molecular flexibility index (Phi) is 2.19. The molecule has 3 aromatic rings. The first-order valence-corrected chi connectivity index (χ1v) is 5.23. The first kappa shape index (κ1) is 9.72. The van der Waals surface area contributed by atoms with Gasteiger partial charge in [0, 0.05) is 23.8 Å². The van der Waals surface area contributed by atoms with Crippen molar-refractivity contribution in [1.82, 2.24) is 14.8 Å². The first-order valence-electron chi connectivity index (χ1n) is 5.23. The lowest BCUT2D eigenvalue weighted by atomic mass is 10.2. The summed E-state index contributed by atoms with van der Waals surface area (Å²) in [5.41, 5.74) is 1.76. The second-order valence-electron chi connectivity index (χ2n) is 3.69. The normalized spacial score (nSPS) is 10.6. The van der Waals surface area contributed by atoms with Crippen LogP contribution in [0.2, 0.25) is 0 Å². The maximum Gasteiger partial charge on any atom is 0.200 e.